The van der Waals surface area contributed by atoms with Crippen molar-refractivity contribution in [3.05, 3.63) is 36.0 Å². The van der Waals surface area contributed by atoms with Crippen LogP contribution in [0.2, 0.25) is 0 Å². The number of carbonyl (C=O) groups excluding carboxylic acids is 1. The summed E-state index contributed by atoms with van der Waals surface area (Å²) in [5.41, 5.74) is 1.92. The molecule has 3 rings (SSSR count). The Hall–Kier alpha value is -2.30. The van der Waals surface area contributed by atoms with Crippen molar-refractivity contribution in [2.75, 3.05) is 6.54 Å². The van der Waals surface area contributed by atoms with Gasteiger partial charge < -0.3 is 15.0 Å². The Balaban J connectivity index is 1.80. The van der Waals surface area contributed by atoms with E-state index in [1.807, 2.05) is 30.5 Å². The van der Waals surface area contributed by atoms with Crippen LogP contribution in [0.15, 0.2) is 30.5 Å². The average molecular weight is 286 g/mol. The summed E-state index contributed by atoms with van der Waals surface area (Å²) in [7, 11) is 0. The van der Waals surface area contributed by atoms with Crippen LogP contribution in [0.4, 0.5) is 0 Å². The monoisotopic (exact) mass is 286 g/mol. The molecule has 1 atom stereocenters. The highest BCUT2D eigenvalue weighted by molar-refractivity contribution is 5.90. The highest BCUT2D eigenvalue weighted by Gasteiger charge is 2.31. The van der Waals surface area contributed by atoms with Crippen LogP contribution in [0.3, 0.4) is 0 Å². The molecule has 1 aromatic carbocycles. The number of nitrogens with one attached hydrogen (secondary N) is 1. The lowest BCUT2D eigenvalue weighted by molar-refractivity contribution is -0.151. The Kier molecular flexibility index (Phi) is 3.64. The first-order chi connectivity index (χ1) is 10.2. The number of amides is 1. The van der Waals surface area contributed by atoms with Gasteiger partial charge in [-0.25, -0.2) is 4.79 Å². The second-order valence-electron chi connectivity index (χ2n) is 5.47. The van der Waals surface area contributed by atoms with Crippen LogP contribution < -0.4 is 0 Å². The summed E-state index contributed by atoms with van der Waals surface area (Å²) in [5, 5.41) is 10.3. The van der Waals surface area contributed by atoms with E-state index in [1.54, 1.807) is 0 Å². The third-order valence-corrected chi connectivity index (χ3v) is 4.12. The molecule has 2 aromatic rings. The maximum Gasteiger partial charge on any atom is 0.326 e. The summed E-state index contributed by atoms with van der Waals surface area (Å²) in [6, 6.07) is 7.14. The van der Waals surface area contributed by atoms with E-state index in [0.29, 0.717) is 13.0 Å². The quantitative estimate of drug-likeness (QED) is 0.908. The zero-order chi connectivity index (χ0) is 14.8. The fourth-order valence-corrected chi connectivity index (χ4v) is 3.03. The molecule has 1 fully saturated rings. The zero-order valence-corrected chi connectivity index (χ0v) is 11.7. The number of aromatic amines is 1. The van der Waals surface area contributed by atoms with Gasteiger partial charge in [-0.1, -0.05) is 18.2 Å². The summed E-state index contributed by atoms with van der Waals surface area (Å²) in [6.45, 7) is 0.540. The molecule has 0 radical (unpaired) electrons. The molecular formula is C16H18N2O3. The van der Waals surface area contributed by atoms with Crippen LogP contribution in [0.1, 0.15) is 24.8 Å². The fraction of sp³-hybridized carbons (Fsp3) is 0.375. The number of rotatable bonds is 3. The number of H-pyrrole nitrogens is 1. The largest absolute Gasteiger partial charge is 0.480 e. The topological polar surface area (TPSA) is 73.4 Å². The predicted octanol–water partition coefficient (Wildman–Crippen LogP) is 2.18. The van der Waals surface area contributed by atoms with Crippen molar-refractivity contribution in [1.29, 1.82) is 0 Å². The smallest absolute Gasteiger partial charge is 0.326 e. The number of piperidine rings is 1. The van der Waals surface area contributed by atoms with Gasteiger partial charge >= 0.3 is 5.97 Å². The lowest BCUT2D eigenvalue weighted by Crippen LogP contribution is -2.48. The van der Waals surface area contributed by atoms with Crippen molar-refractivity contribution in [3.63, 3.8) is 0 Å². The molecule has 2 N–H and O–H groups in total. The van der Waals surface area contributed by atoms with E-state index < -0.39 is 12.0 Å². The molecule has 0 aliphatic carbocycles. The normalized spacial score (nSPS) is 18.9. The Labute approximate surface area is 122 Å². The standard InChI is InChI=1S/C16H18N2O3/c19-15(18-8-4-3-7-14(18)16(20)21)9-11-10-17-13-6-2-1-5-12(11)13/h1-2,5-6,10,14,17H,3-4,7-9H2,(H,20,21). The van der Waals surface area contributed by atoms with Gasteiger partial charge in [0.25, 0.3) is 0 Å². The van der Waals surface area contributed by atoms with Gasteiger partial charge in [0.2, 0.25) is 5.91 Å². The third kappa shape index (κ3) is 2.63. The number of hydrogen-bond donors (Lipinski definition) is 2. The van der Waals surface area contributed by atoms with Gasteiger partial charge in [0.1, 0.15) is 6.04 Å². The first-order valence-electron chi connectivity index (χ1n) is 7.24. The van der Waals surface area contributed by atoms with E-state index in [0.717, 1.165) is 29.3 Å². The van der Waals surface area contributed by atoms with Crippen LogP contribution >= 0.6 is 0 Å². The van der Waals surface area contributed by atoms with E-state index in [-0.39, 0.29) is 12.3 Å². The number of benzene rings is 1. The number of carboxylic acids is 1. The van der Waals surface area contributed by atoms with Gasteiger partial charge in [-0.15, -0.1) is 0 Å². The van der Waals surface area contributed by atoms with E-state index >= 15 is 0 Å². The van der Waals surface area contributed by atoms with Crippen LogP contribution in [0.5, 0.6) is 0 Å². The van der Waals surface area contributed by atoms with Crippen molar-refractivity contribution in [2.24, 2.45) is 0 Å². The number of likely N-dealkylation sites (tertiary alicyclic amines) is 1. The Bertz CT molecular complexity index is 677. The van der Waals surface area contributed by atoms with E-state index in [1.165, 1.54) is 4.90 Å². The van der Waals surface area contributed by atoms with Crippen molar-refractivity contribution in [3.8, 4) is 0 Å². The molecule has 1 aromatic heterocycles. The first-order valence-corrected chi connectivity index (χ1v) is 7.24. The molecular weight excluding hydrogens is 268 g/mol. The molecule has 2 heterocycles. The molecule has 110 valence electrons. The van der Waals surface area contributed by atoms with Crippen molar-refractivity contribution >= 4 is 22.8 Å². The molecule has 0 saturated carbocycles. The zero-order valence-electron chi connectivity index (χ0n) is 11.7. The number of hydrogen-bond acceptors (Lipinski definition) is 2. The summed E-state index contributed by atoms with van der Waals surface area (Å²) in [5.74, 6) is -1.01. The highest BCUT2D eigenvalue weighted by atomic mass is 16.4. The maximum absolute atomic E-state index is 12.5. The molecule has 21 heavy (non-hydrogen) atoms. The number of fused-ring (bicyclic) bond motifs is 1. The number of aliphatic carboxylic acids is 1. The molecule has 0 bridgehead atoms. The molecule has 1 aliphatic rings. The van der Waals surface area contributed by atoms with Crippen LogP contribution in [0, 0.1) is 0 Å². The van der Waals surface area contributed by atoms with Gasteiger partial charge in [0, 0.05) is 23.6 Å². The summed E-state index contributed by atoms with van der Waals surface area (Å²) in [4.78, 5) is 28.4. The highest BCUT2D eigenvalue weighted by Crippen LogP contribution is 2.22. The van der Waals surface area contributed by atoms with E-state index in [2.05, 4.69) is 4.98 Å². The van der Waals surface area contributed by atoms with Crippen LogP contribution in [0.25, 0.3) is 10.9 Å². The fourth-order valence-electron chi connectivity index (χ4n) is 3.03. The van der Waals surface area contributed by atoms with Crippen LogP contribution in [-0.4, -0.2) is 39.5 Å². The Morgan fingerprint density at radius 1 is 1.29 bits per heavy atom. The van der Waals surface area contributed by atoms with Crippen LogP contribution in [-0.2, 0) is 16.0 Å². The van der Waals surface area contributed by atoms with Crippen molar-refractivity contribution in [1.82, 2.24) is 9.88 Å². The van der Waals surface area contributed by atoms with Gasteiger partial charge in [0.05, 0.1) is 6.42 Å². The lowest BCUT2D eigenvalue weighted by Gasteiger charge is -2.33. The lowest BCUT2D eigenvalue weighted by atomic mass is 10.0. The third-order valence-electron chi connectivity index (χ3n) is 4.12. The Morgan fingerprint density at radius 2 is 2.10 bits per heavy atom. The SMILES string of the molecule is O=C(O)C1CCCCN1C(=O)Cc1c[nH]c2ccccc12. The summed E-state index contributed by atoms with van der Waals surface area (Å²) < 4.78 is 0. The number of para-hydroxylation sites is 1. The van der Waals surface area contributed by atoms with Crippen molar-refractivity contribution < 1.29 is 14.7 Å². The van der Waals surface area contributed by atoms with E-state index in [4.69, 9.17) is 0 Å². The Morgan fingerprint density at radius 3 is 2.90 bits per heavy atom. The number of carboxylic acid groups (broad SMARTS) is 1. The molecule has 1 aliphatic heterocycles. The molecule has 5 nitrogen and oxygen atoms in total. The minimum absolute atomic E-state index is 0.105. The molecule has 1 unspecified atom stereocenters. The molecule has 0 spiro atoms. The minimum atomic E-state index is -0.901. The first kappa shape index (κ1) is 13.7. The average Bonchev–Trinajstić information content (AvgIpc) is 2.90. The van der Waals surface area contributed by atoms with Crippen molar-refractivity contribution in [2.45, 2.75) is 31.7 Å². The predicted molar refractivity (Wildman–Crippen MR) is 79.0 cm³/mol. The summed E-state index contributed by atoms with van der Waals surface area (Å²) in [6.07, 6.45) is 4.38. The minimum Gasteiger partial charge on any atom is -0.480 e. The number of aromatic nitrogens is 1. The van der Waals surface area contributed by atoms with Gasteiger partial charge in [0.15, 0.2) is 0 Å². The second-order valence-corrected chi connectivity index (χ2v) is 5.47. The summed E-state index contributed by atoms with van der Waals surface area (Å²) >= 11 is 0. The number of carbonyl (C=O) groups is 2. The molecule has 1 amide bonds. The second kappa shape index (κ2) is 5.60. The maximum atomic E-state index is 12.5. The van der Waals surface area contributed by atoms with Gasteiger partial charge in [-0.3, -0.25) is 4.79 Å². The molecule has 5 heteroatoms. The molecule has 1 saturated heterocycles. The number of nitrogens with zero attached hydrogens (tertiary/aromatic N) is 1. The van der Waals surface area contributed by atoms with Gasteiger partial charge in [-0.05, 0) is 30.9 Å². The van der Waals surface area contributed by atoms with E-state index in [9.17, 15) is 14.7 Å². The van der Waals surface area contributed by atoms with Gasteiger partial charge in [-0.2, -0.15) is 0 Å².